The standard InChI is InChI=1S/C12H22O4/c1-4-6-7-8-9(3)12(5-2,10(13)14)11(15)16/h9H,4-8H2,1-3H3,(H,13,14)(H,15,16). The lowest BCUT2D eigenvalue weighted by Crippen LogP contribution is -2.44. The summed E-state index contributed by atoms with van der Waals surface area (Å²) in [7, 11) is 0. The Kier molecular flexibility index (Phi) is 6.08. The first-order valence-electron chi connectivity index (χ1n) is 5.90. The first-order chi connectivity index (χ1) is 7.43. The van der Waals surface area contributed by atoms with E-state index in [2.05, 4.69) is 6.92 Å². The second kappa shape index (κ2) is 6.51. The van der Waals surface area contributed by atoms with E-state index >= 15 is 0 Å². The van der Waals surface area contributed by atoms with Gasteiger partial charge in [-0.25, -0.2) is 0 Å². The van der Waals surface area contributed by atoms with Crippen molar-refractivity contribution in [2.24, 2.45) is 11.3 Å². The van der Waals surface area contributed by atoms with Gasteiger partial charge in [0.2, 0.25) is 0 Å². The Labute approximate surface area is 96.7 Å². The van der Waals surface area contributed by atoms with Crippen LogP contribution in [0.2, 0.25) is 0 Å². The van der Waals surface area contributed by atoms with Crippen LogP contribution in [0, 0.1) is 11.3 Å². The van der Waals surface area contributed by atoms with Crippen molar-refractivity contribution in [3.63, 3.8) is 0 Å². The number of hydrogen-bond acceptors (Lipinski definition) is 2. The second-order valence-electron chi connectivity index (χ2n) is 4.33. The van der Waals surface area contributed by atoms with Gasteiger partial charge >= 0.3 is 11.9 Å². The third-order valence-electron chi connectivity index (χ3n) is 3.40. The summed E-state index contributed by atoms with van der Waals surface area (Å²) >= 11 is 0. The van der Waals surface area contributed by atoms with Crippen molar-refractivity contribution in [2.75, 3.05) is 0 Å². The lowest BCUT2D eigenvalue weighted by Gasteiger charge is -2.30. The number of carboxylic acid groups (broad SMARTS) is 2. The fourth-order valence-corrected chi connectivity index (χ4v) is 2.11. The SMILES string of the molecule is CCCCCC(C)C(CC)(C(=O)O)C(=O)O. The minimum Gasteiger partial charge on any atom is -0.480 e. The van der Waals surface area contributed by atoms with E-state index in [-0.39, 0.29) is 12.3 Å². The topological polar surface area (TPSA) is 74.6 Å². The molecule has 0 aliphatic rings. The van der Waals surface area contributed by atoms with Crippen molar-refractivity contribution >= 4 is 11.9 Å². The molecule has 0 rings (SSSR count). The highest BCUT2D eigenvalue weighted by atomic mass is 16.4. The van der Waals surface area contributed by atoms with Crippen LogP contribution in [0.15, 0.2) is 0 Å². The molecule has 0 amide bonds. The highest BCUT2D eigenvalue weighted by molar-refractivity contribution is 5.98. The molecular formula is C12H22O4. The maximum Gasteiger partial charge on any atom is 0.321 e. The van der Waals surface area contributed by atoms with Gasteiger partial charge in [0.05, 0.1) is 0 Å². The second-order valence-corrected chi connectivity index (χ2v) is 4.33. The number of aliphatic carboxylic acids is 2. The number of carbonyl (C=O) groups is 2. The highest BCUT2D eigenvalue weighted by Gasteiger charge is 2.49. The molecule has 0 bridgehead atoms. The fourth-order valence-electron chi connectivity index (χ4n) is 2.11. The van der Waals surface area contributed by atoms with Gasteiger partial charge in [-0.05, 0) is 18.8 Å². The molecule has 94 valence electrons. The Morgan fingerprint density at radius 2 is 1.62 bits per heavy atom. The quantitative estimate of drug-likeness (QED) is 0.496. The molecule has 0 fully saturated rings. The van der Waals surface area contributed by atoms with Crippen LogP contribution in [0.3, 0.4) is 0 Å². The Morgan fingerprint density at radius 3 is 1.94 bits per heavy atom. The van der Waals surface area contributed by atoms with Gasteiger partial charge in [-0.1, -0.05) is 40.0 Å². The van der Waals surface area contributed by atoms with Crippen LogP contribution < -0.4 is 0 Å². The van der Waals surface area contributed by atoms with Gasteiger partial charge in [0.15, 0.2) is 5.41 Å². The van der Waals surface area contributed by atoms with Crippen LogP contribution in [0.25, 0.3) is 0 Å². The van der Waals surface area contributed by atoms with Crippen LogP contribution in [-0.4, -0.2) is 22.2 Å². The molecule has 0 heterocycles. The summed E-state index contributed by atoms with van der Waals surface area (Å²) in [6.45, 7) is 5.41. The Hall–Kier alpha value is -1.06. The van der Waals surface area contributed by atoms with Gasteiger partial charge in [0.25, 0.3) is 0 Å². The van der Waals surface area contributed by atoms with Crippen LogP contribution in [0.1, 0.15) is 52.9 Å². The molecule has 4 heteroatoms. The number of rotatable bonds is 8. The molecule has 0 spiro atoms. The van der Waals surface area contributed by atoms with Gasteiger partial charge in [-0.15, -0.1) is 0 Å². The van der Waals surface area contributed by atoms with Crippen molar-refractivity contribution in [1.29, 1.82) is 0 Å². The lowest BCUT2D eigenvalue weighted by molar-refractivity contribution is -0.169. The van der Waals surface area contributed by atoms with Gasteiger partial charge in [-0.3, -0.25) is 9.59 Å². The molecule has 1 atom stereocenters. The normalized spacial score (nSPS) is 13.4. The Bertz CT molecular complexity index is 233. The zero-order valence-electron chi connectivity index (χ0n) is 10.3. The summed E-state index contributed by atoms with van der Waals surface area (Å²) in [6, 6.07) is 0. The Balaban J connectivity index is 4.75. The minimum absolute atomic E-state index is 0.130. The molecule has 0 aliphatic carbocycles. The first kappa shape index (κ1) is 14.9. The monoisotopic (exact) mass is 230 g/mol. The van der Waals surface area contributed by atoms with Crippen LogP contribution in [-0.2, 0) is 9.59 Å². The van der Waals surface area contributed by atoms with E-state index in [9.17, 15) is 9.59 Å². The van der Waals surface area contributed by atoms with E-state index in [1.807, 2.05) is 0 Å². The average molecular weight is 230 g/mol. The highest BCUT2D eigenvalue weighted by Crippen LogP contribution is 2.35. The van der Waals surface area contributed by atoms with E-state index in [1.165, 1.54) is 0 Å². The number of unbranched alkanes of at least 4 members (excludes halogenated alkanes) is 2. The average Bonchev–Trinajstić information content (AvgIpc) is 2.18. The summed E-state index contributed by atoms with van der Waals surface area (Å²) in [5, 5.41) is 18.3. The first-order valence-corrected chi connectivity index (χ1v) is 5.90. The zero-order valence-corrected chi connectivity index (χ0v) is 10.3. The predicted octanol–water partition coefficient (Wildman–Crippen LogP) is 2.77. The number of hydrogen-bond donors (Lipinski definition) is 2. The largest absolute Gasteiger partial charge is 0.480 e. The van der Waals surface area contributed by atoms with Gasteiger partial charge in [0.1, 0.15) is 0 Å². The van der Waals surface area contributed by atoms with Crippen LogP contribution in [0.4, 0.5) is 0 Å². The fraction of sp³-hybridized carbons (Fsp3) is 0.833. The minimum atomic E-state index is -1.62. The molecule has 0 saturated carbocycles. The van der Waals surface area contributed by atoms with Crippen molar-refractivity contribution in [2.45, 2.75) is 52.9 Å². The van der Waals surface area contributed by atoms with Crippen molar-refractivity contribution in [1.82, 2.24) is 0 Å². The molecule has 2 N–H and O–H groups in total. The predicted molar refractivity (Wildman–Crippen MR) is 61.3 cm³/mol. The molecule has 0 aromatic carbocycles. The molecule has 0 aromatic heterocycles. The summed E-state index contributed by atoms with van der Waals surface area (Å²) < 4.78 is 0. The molecule has 1 unspecified atom stereocenters. The van der Waals surface area contributed by atoms with Crippen LogP contribution in [0.5, 0.6) is 0 Å². The molecule has 0 radical (unpaired) electrons. The summed E-state index contributed by atoms with van der Waals surface area (Å²) in [5.41, 5.74) is -1.62. The maximum atomic E-state index is 11.2. The van der Waals surface area contributed by atoms with Gasteiger partial charge in [-0.2, -0.15) is 0 Å². The molecule has 16 heavy (non-hydrogen) atoms. The van der Waals surface area contributed by atoms with E-state index in [0.29, 0.717) is 6.42 Å². The summed E-state index contributed by atoms with van der Waals surface area (Å²) in [4.78, 5) is 22.4. The van der Waals surface area contributed by atoms with E-state index in [4.69, 9.17) is 10.2 Å². The van der Waals surface area contributed by atoms with Gasteiger partial charge in [0, 0.05) is 0 Å². The third kappa shape index (κ3) is 2.97. The van der Waals surface area contributed by atoms with Crippen molar-refractivity contribution < 1.29 is 19.8 Å². The van der Waals surface area contributed by atoms with E-state index < -0.39 is 17.4 Å². The molecule has 0 aromatic rings. The van der Waals surface area contributed by atoms with E-state index in [1.54, 1.807) is 13.8 Å². The number of carboxylic acids is 2. The van der Waals surface area contributed by atoms with Crippen molar-refractivity contribution in [3.05, 3.63) is 0 Å². The molecule has 0 aliphatic heterocycles. The third-order valence-corrected chi connectivity index (χ3v) is 3.40. The van der Waals surface area contributed by atoms with E-state index in [0.717, 1.165) is 19.3 Å². The summed E-state index contributed by atoms with van der Waals surface area (Å²) in [6.07, 6.45) is 3.74. The van der Waals surface area contributed by atoms with Gasteiger partial charge < -0.3 is 10.2 Å². The lowest BCUT2D eigenvalue weighted by atomic mass is 9.72. The zero-order chi connectivity index (χ0) is 12.8. The van der Waals surface area contributed by atoms with Crippen molar-refractivity contribution in [3.8, 4) is 0 Å². The molecular weight excluding hydrogens is 208 g/mol. The molecule has 4 nitrogen and oxygen atoms in total. The summed E-state index contributed by atoms with van der Waals surface area (Å²) in [5.74, 6) is -2.77. The van der Waals surface area contributed by atoms with Crippen LogP contribution >= 0.6 is 0 Å². The Morgan fingerprint density at radius 1 is 1.12 bits per heavy atom. The smallest absolute Gasteiger partial charge is 0.321 e. The maximum absolute atomic E-state index is 11.2. The molecule has 0 saturated heterocycles.